The van der Waals surface area contributed by atoms with Gasteiger partial charge < -0.3 is 10.2 Å². The fourth-order valence-corrected chi connectivity index (χ4v) is 2.35. The van der Waals surface area contributed by atoms with Gasteiger partial charge in [0, 0.05) is 41.4 Å². The summed E-state index contributed by atoms with van der Waals surface area (Å²) < 4.78 is 0. The standard InChI is InChI=1S/C15H25ClN2/c1-6-18(12(4)5)15-9-7-8-14(16)13(15)10-17-11(2)3/h7-9,11-12,17H,6,10H2,1-5H3. The molecule has 0 bridgehead atoms. The summed E-state index contributed by atoms with van der Waals surface area (Å²) in [5.41, 5.74) is 2.44. The smallest absolute Gasteiger partial charge is 0.0471 e. The molecule has 3 heteroatoms. The van der Waals surface area contributed by atoms with Gasteiger partial charge in [-0.25, -0.2) is 0 Å². The predicted molar refractivity (Wildman–Crippen MR) is 81.6 cm³/mol. The van der Waals surface area contributed by atoms with Crippen LogP contribution >= 0.6 is 11.6 Å². The molecule has 2 nitrogen and oxygen atoms in total. The van der Waals surface area contributed by atoms with Gasteiger partial charge in [0.2, 0.25) is 0 Å². The van der Waals surface area contributed by atoms with Gasteiger partial charge in [0.25, 0.3) is 0 Å². The first-order chi connectivity index (χ1) is 8.47. The highest BCUT2D eigenvalue weighted by molar-refractivity contribution is 6.31. The number of nitrogens with zero attached hydrogens (tertiary/aromatic N) is 1. The van der Waals surface area contributed by atoms with Crippen LogP contribution in [0.15, 0.2) is 18.2 Å². The second-order valence-corrected chi connectivity index (χ2v) is 5.56. The van der Waals surface area contributed by atoms with Crippen molar-refractivity contribution in [2.24, 2.45) is 0 Å². The van der Waals surface area contributed by atoms with Crippen LogP contribution in [0, 0.1) is 0 Å². The van der Waals surface area contributed by atoms with Crippen LogP contribution in [-0.2, 0) is 6.54 Å². The van der Waals surface area contributed by atoms with Gasteiger partial charge in [-0.05, 0) is 32.9 Å². The molecule has 0 atom stereocenters. The lowest BCUT2D eigenvalue weighted by Crippen LogP contribution is -2.32. The molecule has 102 valence electrons. The maximum Gasteiger partial charge on any atom is 0.0471 e. The summed E-state index contributed by atoms with van der Waals surface area (Å²) in [7, 11) is 0. The predicted octanol–water partition coefficient (Wildman–Crippen LogP) is 4.07. The lowest BCUT2D eigenvalue weighted by atomic mass is 10.1. The Labute approximate surface area is 116 Å². The molecule has 1 N–H and O–H groups in total. The minimum atomic E-state index is 0.461. The van der Waals surface area contributed by atoms with Crippen LogP contribution in [0.5, 0.6) is 0 Å². The molecule has 0 fully saturated rings. The van der Waals surface area contributed by atoms with Crippen molar-refractivity contribution in [1.82, 2.24) is 5.32 Å². The van der Waals surface area contributed by atoms with Crippen molar-refractivity contribution >= 4 is 17.3 Å². The van der Waals surface area contributed by atoms with Gasteiger partial charge in [-0.1, -0.05) is 31.5 Å². The minimum absolute atomic E-state index is 0.461. The molecule has 0 saturated heterocycles. The fraction of sp³-hybridized carbons (Fsp3) is 0.600. The molecule has 1 aromatic rings. The van der Waals surface area contributed by atoms with Gasteiger partial charge in [0.15, 0.2) is 0 Å². The second-order valence-electron chi connectivity index (χ2n) is 5.15. The van der Waals surface area contributed by atoms with Gasteiger partial charge in [0.05, 0.1) is 0 Å². The molecule has 0 heterocycles. The third-order valence-electron chi connectivity index (χ3n) is 3.05. The highest BCUT2D eigenvalue weighted by Gasteiger charge is 2.15. The third-order valence-corrected chi connectivity index (χ3v) is 3.41. The summed E-state index contributed by atoms with van der Waals surface area (Å²) in [5.74, 6) is 0. The van der Waals surface area contributed by atoms with Crippen LogP contribution in [-0.4, -0.2) is 18.6 Å². The summed E-state index contributed by atoms with van der Waals surface area (Å²) in [6.07, 6.45) is 0. The Morgan fingerprint density at radius 3 is 2.39 bits per heavy atom. The first-order valence-corrected chi connectivity index (χ1v) is 7.12. The average Bonchev–Trinajstić information content (AvgIpc) is 2.28. The Morgan fingerprint density at radius 2 is 1.89 bits per heavy atom. The lowest BCUT2D eigenvalue weighted by molar-refractivity contribution is 0.586. The molecular weight excluding hydrogens is 244 g/mol. The van der Waals surface area contributed by atoms with E-state index < -0.39 is 0 Å². The molecule has 0 aliphatic rings. The van der Waals surface area contributed by atoms with Crippen LogP contribution in [0.25, 0.3) is 0 Å². The van der Waals surface area contributed by atoms with E-state index in [2.05, 4.69) is 50.9 Å². The highest BCUT2D eigenvalue weighted by atomic mass is 35.5. The first kappa shape index (κ1) is 15.3. The molecule has 0 radical (unpaired) electrons. The van der Waals surface area contributed by atoms with Crippen molar-refractivity contribution in [1.29, 1.82) is 0 Å². The van der Waals surface area contributed by atoms with Crippen molar-refractivity contribution < 1.29 is 0 Å². The van der Waals surface area contributed by atoms with E-state index >= 15 is 0 Å². The van der Waals surface area contributed by atoms with Crippen molar-refractivity contribution in [2.75, 3.05) is 11.4 Å². The molecule has 18 heavy (non-hydrogen) atoms. The molecule has 0 amide bonds. The quantitative estimate of drug-likeness (QED) is 0.837. The molecule has 0 spiro atoms. The summed E-state index contributed by atoms with van der Waals surface area (Å²) in [6.45, 7) is 12.7. The largest absolute Gasteiger partial charge is 0.369 e. The molecule has 0 aliphatic carbocycles. The Balaban J connectivity index is 3.06. The molecule has 0 saturated carbocycles. The van der Waals surface area contributed by atoms with Crippen molar-refractivity contribution in [3.05, 3.63) is 28.8 Å². The van der Waals surface area contributed by atoms with Gasteiger partial charge in [-0.2, -0.15) is 0 Å². The zero-order valence-electron chi connectivity index (χ0n) is 12.1. The summed E-state index contributed by atoms with van der Waals surface area (Å²) in [5, 5.41) is 4.30. The van der Waals surface area contributed by atoms with Crippen molar-refractivity contribution in [2.45, 2.75) is 53.2 Å². The van der Waals surface area contributed by atoms with Crippen LogP contribution < -0.4 is 10.2 Å². The van der Waals surface area contributed by atoms with E-state index in [4.69, 9.17) is 11.6 Å². The second kappa shape index (κ2) is 7.01. The summed E-state index contributed by atoms with van der Waals surface area (Å²) >= 11 is 6.35. The van der Waals surface area contributed by atoms with Gasteiger partial charge in [0.1, 0.15) is 0 Å². The van der Waals surface area contributed by atoms with E-state index in [-0.39, 0.29) is 0 Å². The maximum absolute atomic E-state index is 6.35. The Bertz CT molecular complexity index is 375. The first-order valence-electron chi connectivity index (χ1n) is 6.74. The van der Waals surface area contributed by atoms with Gasteiger partial charge in [-0.15, -0.1) is 0 Å². The molecule has 0 unspecified atom stereocenters. The Morgan fingerprint density at radius 1 is 1.22 bits per heavy atom. The SMILES string of the molecule is CCN(c1cccc(Cl)c1CNC(C)C)C(C)C. The monoisotopic (exact) mass is 268 g/mol. The molecule has 0 aromatic heterocycles. The van der Waals surface area contributed by atoms with E-state index in [0.29, 0.717) is 12.1 Å². The normalized spacial score (nSPS) is 11.3. The average molecular weight is 269 g/mol. The van der Waals surface area contributed by atoms with E-state index in [0.717, 1.165) is 18.1 Å². The zero-order chi connectivity index (χ0) is 13.7. The summed E-state index contributed by atoms with van der Waals surface area (Å²) in [4.78, 5) is 2.38. The Hall–Kier alpha value is -0.730. The van der Waals surface area contributed by atoms with E-state index in [9.17, 15) is 0 Å². The number of anilines is 1. The van der Waals surface area contributed by atoms with Crippen molar-refractivity contribution in [3.8, 4) is 0 Å². The van der Waals surface area contributed by atoms with Crippen LogP contribution in [0.1, 0.15) is 40.2 Å². The molecule has 0 aliphatic heterocycles. The number of rotatable bonds is 6. The van der Waals surface area contributed by atoms with E-state index in [1.54, 1.807) is 0 Å². The minimum Gasteiger partial charge on any atom is -0.369 e. The molecule has 1 aromatic carbocycles. The van der Waals surface area contributed by atoms with E-state index in [1.165, 1.54) is 11.3 Å². The number of benzene rings is 1. The number of halogens is 1. The fourth-order valence-electron chi connectivity index (χ4n) is 2.11. The molecular formula is C15H25ClN2. The van der Waals surface area contributed by atoms with Crippen LogP contribution in [0.2, 0.25) is 5.02 Å². The zero-order valence-corrected chi connectivity index (χ0v) is 12.9. The van der Waals surface area contributed by atoms with Crippen LogP contribution in [0.3, 0.4) is 0 Å². The lowest BCUT2D eigenvalue weighted by Gasteiger charge is -2.30. The highest BCUT2D eigenvalue weighted by Crippen LogP contribution is 2.28. The van der Waals surface area contributed by atoms with Gasteiger partial charge >= 0.3 is 0 Å². The van der Waals surface area contributed by atoms with Crippen LogP contribution in [0.4, 0.5) is 5.69 Å². The Kier molecular flexibility index (Phi) is 5.97. The van der Waals surface area contributed by atoms with Crippen molar-refractivity contribution in [3.63, 3.8) is 0 Å². The van der Waals surface area contributed by atoms with Gasteiger partial charge in [-0.3, -0.25) is 0 Å². The third kappa shape index (κ3) is 3.89. The molecule has 1 rings (SSSR count). The maximum atomic E-state index is 6.35. The number of nitrogens with one attached hydrogen (secondary N) is 1. The number of hydrogen-bond donors (Lipinski definition) is 1. The summed E-state index contributed by atoms with van der Waals surface area (Å²) in [6, 6.07) is 7.10. The topological polar surface area (TPSA) is 15.3 Å². The van der Waals surface area contributed by atoms with E-state index in [1.807, 2.05) is 12.1 Å². The number of hydrogen-bond acceptors (Lipinski definition) is 2.